The minimum absolute atomic E-state index is 0.0213. The van der Waals surface area contributed by atoms with Gasteiger partial charge in [-0.3, -0.25) is 14.5 Å². The summed E-state index contributed by atoms with van der Waals surface area (Å²) in [6, 6.07) is 14.2. The fraction of sp³-hybridized carbons (Fsp3) is 0.185. The number of benzene rings is 3. The molecular weight excluding hydrogens is 534 g/mol. The highest BCUT2D eigenvalue weighted by Gasteiger charge is 2.36. The van der Waals surface area contributed by atoms with Gasteiger partial charge >= 0.3 is 0 Å². The number of thioether (sulfide) groups is 1. The Labute approximate surface area is 226 Å². The number of imide groups is 1. The van der Waals surface area contributed by atoms with E-state index in [1.54, 1.807) is 36.4 Å². The standard InChI is InChI=1S/C27H20ClNO8S/c1-32-21-6-15(2-4-19(21)33-12-16-3-5-20-22(7-16)35-13-34-20)8-25-26(30)29(27(31)38-25)11-17-9-23-24(10-18(17)28)37-14-36-23/h2-10H,11-14H2,1H3. The Hall–Kier alpha value is -4.02. The summed E-state index contributed by atoms with van der Waals surface area (Å²) >= 11 is 7.21. The normalized spacial score (nSPS) is 16.5. The minimum Gasteiger partial charge on any atom is -0.493 e. The molecule has 0 spiro atoms. The summed E-state index contributed by atoms with van der Waals surface area (Å²) in [5.74, 6) is 3.07. The van der Waals surface area contributed by atoms with Crippen LogP contribution in [0.25, 0.3) is 6.08 Å². The molecule has 0 unspecified atom stereocenters. The van der Waals surface area contributed by atoms with Crippen molar-refractivity contribution in [3.8, 4) is 34.5 Å². The third-order valence-corrected chi connectivity index (χ3v) is 7.32. The molecule has 0 N–H and O–H groups in total. The molecule has 0 atom stereocenters. The summed E-state index contributed by atoms with van der Waals surface area (Å²) in [6.45, 7) is 0.632. The largest absolute Gasteiger partial charge is 0.493 e. The van der Waals surface area contributed by atoms with Crippen molar-refractivity contribution >= 4 is 40.6 Å². The maximum absolute atomic E-state index is 13.1. The lowest BCUT2D eigenvalue weighted by atomic mass is 10.1. The predicted octanol–water partition coefficient (Wildman–Crippen LogP) is 5.62. The van der Waals surface area contributed by atoms with Gasteiger partial charge in [0, 0.05) is 11.1 Å². The monoisotopic (exact) mass is 553 g/mol. The van der Waals surface area contributed by atoms with Gasteiger partial charge in [-0.1, -0.05) is 23.7 Å². The summed E-state index contributed by atoms with van der Waals surface area (Å²) < 4.78 is 32.9. The van der Waals surface area contributed by atoms with E-state index in [9.17, 15) is 9.59 Å². The molecule has 0 bridgehead atoms. The van der Waals surface area contributed by atoms with Crippen LogP contribution in [0.2, 0.25) is 5.02 Å². The lowest BCUT2D eigenvalue weighted by Crippen LogP contribution is -2.27. The topological polar surface area (TPSA) is 92.8 Å². The molecule has 38 heavy (non-hydrogen) atoms. The molecule has 3 aliphatic rings. The van der Waals surface area contributed by atoms with E-state index in [1.807, 2.05) is 18.2 Å². The molecule has 0 aromatic heterocycles. The van der Waals surface area contributed by atoms with Gasteiger partial charge in [-0.2, -0.15) is 0 Å². The van der Waals surface area contributed by atoms with Gasteiger partial charge in [-0.05, 0) is 64.9 Å². The van der Waals surface area contributed by atoms with Crippen molar-refractivity contribution in [1.82, 2.24) is 4.90 Å². The highest BCUT2D eigenvalue weighted by atomic mass is 35.5. The van der Waals surface area contributed by atoms with Gasteiger partial charge in [0.05, 0.1) is 18.6 Å². The van der Waals surface area contributed by atoms with Crippen molar-refractivity contribution < 1.29 is 38.0 Å². The first-order valence-electron chi connectivity index (χ1n) is 11.5. The Bertz CT molecular complexity index is 1490. The smallest absolute Gasteiger partial charge is 0.293 e. The molecule has 3 aliphatic heterocycles. The molecule has 3 heterocycles. The lowest BCUT2D eigenvalue weighted by Gasteiger charge is -2.14. The van der Waals surface area contributed by atoms with Crippen LogP contribution in [0.1, 0.15) is 16.7 Å². The maximum atomic E-state index is 13.1. The van der Waals surface area contributed by atoms with E-state index in [1.165, 1.54) is 7.11 Å². The van der Waals surface area contributed by atoms with Crippen LogP contribution in [-0.4, -0.2) is 36.7 Å². The summed E-state index contributed by atoms with van der Waals surface area (Å²) in [6.07, 6.45) is 1.65. The first kappa shape index (κ1) is 24.3. The van der Waals surface area contributed by atoms with Crippen molar-refractivity contribution in [2.75, 3.05) is 20.7 Å². The van der Waals surface area contributed by atoms with Gasteiger partial charge in [0.25, 0.3) is 11.1 Å². The van der Waals surface area contributed by atoms with Crippen molar-refractivity contribution in [1.29, 1.82) is 0 Å². The molecule has 9 nitrogen and oxygen atoms in total. The molecule has 3 aromatic carbocycles. The lowest BCUT2D eigenvalue weighted by molar-refractivity contribution is -0.123. The summed E-state index contributed by atoms with van der Waals surface area (Å²) in [4.78, 5) is 27.2. The van der Waals surface area contributed by atoms with E-state index in [4.69, 9.17) is 40.0 Å². The fourth-order valence-electron chi connectivity index (χ4n) is 4.12. The van der Waals surface area contributed by atoms with Crippen LogP contribution in [-0.2, 0) is 17.9 Å². The van der Waals surface area contributed by atoms with Gasteiger partial charge in [-0.15, -0.1) is 0 Å². The molecule has 194 valence electrons. The third-order valence-electron chi connectivity index (χ3n) is 6.06. The van der Waals surface area contributed by atoms with E-state index in [0.29, 0.717) is 62.2 Å². The number of methoxy groups -OCH3 is 1. The zero-order chi connectivity index (χ0) is 26.2. The van der Waals surface area contributed by atoms with Crippen LogP contribution in [0.15, 0.2) is 53.4 Å². The first-order valence-corrected chi connectivity index (χ1v) is 12.7. The van der Waals surface area contributed by atoms with Crippen molar-refractivity contribution in [3.05, 3.63) is 75.1 Å². The van der Waals surface area contributed by atoms with E-state index in [-0.39, 0.29) is 25.4 Å². The first-order chi connectivity index (χ1) is 18.5. The zero-order valence-corrected chi connectivity index (χ0v) is 21.6. The Balaban J connectivity index is 1.16. The van der Waals surface area contributed by atoms with Gasteiger partial charge in [-0.25, -0.2) is 0 Å². The Morgan fingerprint density at radius 1 is 0.921 bits per heavy atom. The van der Waals surface area contributed by atoms with Crippen molar-refractivity contribution in [3.63, 3.8) is 0 Å². The fourth-order valence-corrected chi connectivity index (χ4v) is 5.18. The second kappa shape index (κ2) is 10.0. The number of hydrogen-bond acceptors (Lipinski definition) is 9. The van der Waals surface area contributed by atoms with Gasteiger partial charge in [0.1, 0.15) is 6.61 Å². The van der Waals surface area contributed by atoms with Crippen LogP contribution in [0, 0.1) is 0 Å². The van der Waals surface area contributed by atoms with E-state index in [0.717, 1.165) is 22.2 Å². The van der Waals surface area contributed by atoms with Crippen LogP contribution >= 0.6 is 23.4 Å². The zero-order valence-electron chi connectivity index (χ0n) is 20.0. The highest BCUT2D eigenvalue weighted by molar-refractivity contribution is 8.18. The number of nitrogens with zero attached hydrogens (tertiary/aromatic N) is 1. The molecule has 6 rings (SSSR count). The van der Waals surface area contributed by atoms with E-state index < -0.39 is 5.91 Å². The van der Waals surface area contributed by atoms with Crippen LogP contribution in [0.3, 0.4) is 0 Å². The molecule has 11 heteroatoms. The molecule has 2 amide bonds. The Morgan fingerprint density at radius 3 is 2.45 bits per heavy atom. The Kier molecular flexibility index (Phi) is 6.42. The number of amides is 2. The molecule has 0 aliphatic carbocycles. The van der Waals surface area contributed by atoms with Crippen LogP contribution in [0.5, 0.6) is 34.5 Å². The minimum atomic E-state index is -0.407. The van der Waals surface area contributed by atoms with E-state index >= 15 is 0 Å². The number of fused-ring (bicyclic) bond motifs is 2. The maximum Gasteiger partial charge on any atom is 0.293 e. The number of halogens is 1. The Morgan fingerprint density at radius 2 is 1.66 bits per heavy atom. The molecule has 1 saturated heterocycles. The second-order valence-corrected chi connectivity index (χ2v) is 9.85. The molecular formula is C27H20ClNO8S. The van der Waals surface area contributed by atoms with Gasteiger partial charge in [0.2, 0.25) is 13.6 Å². The van der Waals surface area contributed by atoms with Crippen molar-refractivity contribution in [2.24, 2.45) is 0 Å². The second-order valence-electron chi connectivity index (χ2n) is 8.45. The molecule has 1 fully saturated rings. The average Bonchev–Trinajstić information content (AvgIpc) is 3.63. The number of carbonyl (C=O) groups excluding carboxylic acids is 2. The number of rotatable bonds is 7. The summed E-state index contributed by atoms with van der Waals surface area (Å²) in [5.41, 5.74) is 2.19. The third kappa shape index (κ3) is 4.68. The van der Waals surface area contributed by atoms with Gasteiger partial charge in [0.15, 0.2) is 34.5 Å². The van der Waals surface area contributed by atoms with Crippen molar-refractivity contribution in [2.45, 2.75) is 13.2 Å². The molecule has 0 radical (unpaired) electrons. The van der Waals surface area contributed by atoms with E-state index in [2.05, 4.69) is 0 Å². The molecule has 0 saturated carbocycles. The average molecular weight is 554 g/mol. The number of ether oxygens (including phenoxy) is 6. The SMILES string of the molecule is COc1cc(C=C2SC(=O)N(Cc3cc4c(cc3Cl)OCO4)C2=O)ccc1OCc1ccc2c(c1)OCO2. The van der Waals surface area contributed by atoms with Crippen LogP contribution in [0.4, 0.5) is 4.79 Å². The highest BCUT2D eigenvalue weighted by Crippen LogP contribution is 2.40. The van der Waals surface area contributed by atoms with Gasteiger partial charge < -0.3 is 28.4 Å². The predicted molar refractivity (Wildman–Crippen MR) is 139 cm³/mol. The number of carbonyl (C=O) groups is 2. The number of hydrogen-bond donors (Lipinski definition) is 0. The summed E-state index contributed by atoms with van der Waals surface area (Å²) in [7, 11) is 1.54. The summed E-state index contributed by atoms with van der Waals surface area (Å²) in [5, 5.41) is 0.00369. The quantitative estimate of drug-likeness (QED) is 0.345. The van der Waals surface area contributed by atoms with Crippen LogP contribution < -0.4 is 28.4 Å². The molecule has 3 aromatic rings.